The molecule has 0 unspecified atom stereocenters. The Morgan fingerprint density at radius 1 is 1.05 bits per heavy atom. The number of methoxy groups -OCH3 is 2. The zero-order valence-electron chi connectivity index (χ0n) is 11.5. The van der Waals surface area contributed by atoms with Crippen LogP contribution < -0.4 is 14.2 Å². The number of nitrogens with one attached hydrogen (secondary N) is 1. The predicted molar refractivity (Wildman–Crippen MR) is 84.5 cm³/mol. The van der Waals surface area contributed by atoms with E-state index in [1.54, 1.807) is 36.4 Å². The van der Waals surface area contributed by atoms with Gasteiger partial charge in [0.25, 0.3) is 10.0 Å². The zero-order valence-corrected chi connectivity index (χ0v) is 13.9. The summed E-state index contributed by atoms with van der Waals surface area (Å²) in [5.41, 5.74) is 0.313. The zero-order chi connectivity index (χ0) is 15.5. The van der Waals surface area contributed by atoms with E-state index in [1.807, 2.05) is 0 Å². The van der Waals surface area contributed by atoms with Crippen LogP contribution in [0.1, 0.15) is 0 Å². The molecule has 2 aromatic carbocycles. The van der Waals surface area contributed by atoms with Gasteiger partial charge in [0.1, 0.15) is 16.4 Å². The summed E-state index contributed by atoms with van der Waals surface area (Å²) in [4.78, 5) is 0.148. The number of anilines is 1. The lowest BCUT2D eigenvalue weighted by Gasteiger charge is -2.13. The fourth-order valence-electron chi connectivity index (χ4n) is 1.76. The van der Waals surface area contributed by atoms with Crippen LogP contribution >= 0.6 is 15.9 Å². The predicted octanol–water partition coefficient (Wildman–Crippen LogP) is 3.27. The molecule has 1 N–H and O–H groups in total. The summed E-state index contributed by atoms with van der Waals surface area (Å²) in [5.74, 6) is 0.937. The smallest absolute Gasteiger partial charge is 0.263 e. The van der Waals surface area contributed by atoms with E-state index in [-0.39, 0.29) is 4.90 Å². The highest BCUT2D eigenvalue weighted by molar-refractivity contribution is 9.10. The first-order valence-electron chi connectivity index (χ1n) is 5.97. The van der Waals surface area contributed by atoms with E-state index in [0.717, 1.165) is 0 Å². The number of benzene rings is 2. The Balaban J connectivity index is 2.43. The molecular formula is C14H14BrNO4S. The molecular weight excluding hydrogens is 358 g/mol. The molecule has 0 saturated carbocycles. The quantitative estimate of drug-likeness (QED) is 0.875. The second kappa shape index (κ2) is 6.36. The summed E-state index contributed by atoms with van der Waals surface area (Å²) < 4.78 is 38.2. The monoisotopic (exact) mass is 371 g/mol. The van der Waals surface area contributed by atoms with Gasteiger partial charge in [-0.15, -0.1) is 0 Å². The molecule has 21 heavy (non-hydrogen) atoms. The molecule has 0 atom stereocenters. The summed E-state index contributed by atoms with van der Waals surface area (Å²) in [7, 11) is -0.756. The lowest BCUT2D eigenvalue weighted by molar-refractivity contribution is 0.405. The molecule has 0 radical (unpaired) electrons. The Hall–Kier alpha value is -1.73. The number of sulfonamides is 1. The van der Waals surface area contributed by atoms with E-state index in [4.69, 9.17) is 9.47 Å². The molecule has 0 bridgehead atoms. The van der Waals surface area contributed by atoms with Crippen molar-refractivity contribution >= 4 is 31.6 Å². The molecule has 5 nitrogen and oxygen atoms in total. The average Bonchev–Trinajstić information content (AvgIpc) is 2.47. The molecule has 7 heteroatoms. The number of hydrogen-bond acceptors (Lipinski definition) is 4. The minimum Gasteiger partial charge on any atom is -0.497 e. The Morgan fingerprint density at radius 3 is 2.38 bits per heavy atom. The van der Waals surface area contributed by atoms with E-state index in [2.05, 4.69) is 20.7 Å². The molecule has 0 heterocycles. The lowest BCUT2D eigenvalue weighted by atomic mass is 10.3. The highest BCUT2D eigenvalue weighted by atomic mass is 79.9. The van der Waals surface area contributed by atoms with Gasteiger partial charge in [-0.1, -0.05) is 12.1 Å². The number of rotatable bonds is 5. The van der Waals surface area contributed by atoms with Gasteiger partial charge in [0.2, 0.25) is 0 Å². The van der Waals surface area contributed by atoms with E-state index in [9.17, 15) is 8.42 Å². The molecule has 112 valence electrons. The van der Waals surface area contributed by atoms with E-state index < -0.39 is 10.0 Å². The fourth-order valence-corrected chi connectivity index (χ4v) is 3.82. The van der Waals surface area contributed by atoms with E-state index >= 15 is 0 Å². The highest BCUT2D eigenvalue weighted by Gasteiger charge is 2.19. The second-order valence-corrected chi connectivity index (χ2v) is 6.61. The summed E-state index contributed by atoms with van der Waals surface area (Å²) in [6, 6.07) is 11.5. The van der Waals surface area contributed by atoms with Crippen LogP contribution in [0.15, 0.2) is 51.8 Å². The lowest BCUT2D eigenvalue weighted by Crippen LogP contribution is -2.14. The summed E-state index contributed by atoms with van der Waals surface area (Å²) in [6.07, 6.45) is 0. The Labute approximate surface area is 132 Å². The third-order valence-electron chi connectivity index (χ3n) is 2.78. The van der Waals surface area contributed by atoms with Crippen molar-refractivity contribution in [1.29, 1.82) is 0 Å². The van der Waals surface area contributed by atoms with Crippen LogP contribution in [0.3, 0.4) is 0 Å². The van der Waals surface area contributed by atoms with Crippen LogP contribution in [0.5, 0.6) is 11.5 Å². The number of ether oxygens (including phenoxy) is 2. The third-order valence-corrected chi connectivity index (χ3v) is 5.15. The SMILES string of the molecule is COc1ccc(OC)c(NS(=O)(=O)c2ccccc2Br)c1. The summed E-state index contributed by atoms with van der Waals surface area (Å²) in [6.45, 7) is 0. The van der Waals surface area contributed by atoms with Crippen molar-refractivity contribution in [2.75, 3.05) is 18.9 Å². The van der Waals surface area contributed by atoms with Gasteiger partial charge in [-0.2, -0.15) is 0 Å². The van der Waals surface area contributed by atoms with Gasteiger partial charge in [0, 0.05) is 10.5 Å². The van der Waals surface area contributed by atoms with Crippen LogP contribution in [0.25, 0.3) is 0 Å². The van der Waals surface area contributed by atoms with Crippen molar-refractivity contribution in [2.45, 2.75) is 4.90 Å². The minimum atomic E-state index is -3.73. The van der Waals surface area contributed by atoms with Crippen molar-refractivity contribution in [2.24, 2.45) is 0 Å². The van der Waals surface area contributed by atoms with Gasteiger partial charge in [-0.3, -0.25) is 4.72 Å². The molecule has 2 rings (SSSR count). The van der Waals surface area contributed by atoms with Crippen LogP contribution in [0.4, 0.5) is 5.69 Å². The normalized spacial score (nSPS) is 11.0. The molecule has 0 aromatic heterocycles. The topological polar surface area (TPSA) is 64.6 Å². The first kappa shape index (κ1) is 15.7. The van der Waals surface area contributed by atoms with Crippen LogP contribution in [-0.4, -0.2) is 22.6 Å². The second-order valence-electron chi connectivity index (χ2n) is 4.10. The van der Waals surface area contributed by atoms with E-state index in [1.165, 1.54) is 20.3 Å². The van der Waals surface area contributed by atoms with Crippen molar-refractivity contribution in [3.63, 3.8) is 0 Å². The Morgan fingerprint density at radius 2 is 1.76 bits per heavy atom. The van der Waals surface area contributed by atoms with Crippen LogP contribution in [0, 0.1) is 0 Å². The van der Waals surface area contributed by atoms with Gasteiger partial charge in [-0.05, 0) is 40.2 Å². The minimum absolute atomic E-state index is 0.148. The number of halogens is 1. The summed E-state index contributed by atoms with van der Waals surface area (Å²) in [5, 5.41) is 0. The molecule has 0 spiro atoms. The fraction of sp³-hybridized carbons (Fsp3) is 0.143. The Bertz CT molecular complexity index is 746. The van der Waals surface area contributed by atoms with Crippen LogP contribution in [0.2, 0.25) is 0 Å². The van der Waals surface area contributed by atoms with Gasteiger partial charge in [0.15, 0.2) is 0 Å². The third kappa shape index (κ3) is 3.48. The molecule has 0 fully saturated rings. The highest BCUT2D eigenvalue weighted by Crippen LogP contribution is 2.32. The van der Waals surface area contributed by atoms with Crippen molar-refractivity contribution in [3.05, 3.63) is 46.9 Å². The first-order valence-corrected chi connectivity index (χ1v) is 8.25. The van der Waals surface area contributed by atoms with Crippen molar-refractivity contribution < 1.29 is 17.9 Å². The van der Waals surface area contributed by atoms with Crippen molar-refractivity contribution in [1.82, 2.24) is 0 Å². The Kier molecular flexibility index (Phi) is 4.74. The summed E-state index contributed by atoms with van der Waals surface area (Å²) >= 11 is 3.23. The average molecular weight is 372 g/mol. The standard InChI is InChI=1S/C14H14BrNO4S/c1-19-10-7-8-13(20-2)12(9-10)16-21(17,18)14-6-4-3-5-11(14)15/h3-9,16H,1-2H3. The molecule has 0 saturated heterocycles. The maximum absolute atomic E-state index is 12.5. The van der Waals surface area contributed by atoms with Gasteiger partial charge in [-0.25, -0.2) is 8.42 Å². The molecule has 0 aliphatic rings. The first-order chi connectivity index (χ1) is 9.97. The van der Waals surface area contributed by atoms with Gasteiger partial charge in [0.05, 0.1) is 19.9 Å². The molecule has 0 aliphatic heterocycles. The molecule has 0 aliphatic carbocycles. The maximum atomic E-state index is 12.5. The maximum Gasteiger partial charge on any atom is 0.263 e. The van der Waals surface area contributed by atoms with Gasteiger partial charge >= 0.3 is 0 Å². The van der Waals surface area contributed by atoms with Gasteiger partial charge < -0.3 is 9.47 Å². The largest absolute Gasteiger partial charge is 0.497 e. The van der Waals surface area contributed by atoms with Crippen molar-refractivity contribution in [3.8, 4) is 11.5 Å². The van der Waals surface area contributed by atoms with Crippen LogP contribution in [-0.2, 0) is 10.0 Å². The number of hydrogen-bond donors (Lipinski definition) is 1. The van der Waals surface area contributed by atoms with E-state index in [0.29, 0.717) is 21.7 Å². The molecule has 0 amide bonds. The molecule has 2 aromatic rings.